The van der Waals surface area contributed by atoms with Crippen LogP contribution in [-0.4, -0.2) is 64.3 Å². The number of anilines is 2. The van der Waals surface area contributed by atoms with Crippen LogP contribution in [0.1, 0.15) is 12.0 Å². The van der Waals surface area contributed by atoms with Crippen LogP contribution in [0.4, 0.5) is 15.8 Å². The summed E-state index contributed by atoms with van der Waals surface area (Å²) in [5.41, 5.74) is 2.58. The maximum Gasteiger partial charge on any atom is 0.162 e. The third-order valence-electron chi connectivity index (χ3n) is 5.25. The van der Waals surface area contributed by atoms with Crippen molar-refractivity contribution in [2.24, 2.45) is 4.99 Å². The van der Waals surface area contributed by atoms with E-state index in [9.17, 15) is 4.39 Å². The quantitative estimate of drug-likeness (QED) is 0.615. The summed E-state index contributed by atoms with van der Waals surface area (Å²) in [6.45, 7) is 5.54. The molecule has 0 aromatic heterocycles. The first kappa shape index (κ1) is 20.9. The predicted octanol–water partition coefficient (Wildman–Crippen LogP) is 4.12. The average molecular weight is 434 g/mol. The van der Waals surface area contributed by atoms with Crippen molar-refractivity contribution in [1.82, 2.24) is 4.90 Å². The van der Waals surface area contributed by atoms with E-state index >= 15 is 0 Å². The van der Waals surface area contributed by atoms with Gasteiger partial charge in [0.25, 0.3) is 0 Å². The number of ether oxygens (including phenoxy) is 3. The maximum atomic E-state index is 13.6. The van der Waals surface area contributed by atoms with Crippen LogP contribution in [0.2, 0.25) is 5.02 Å². The van der Waals surface area contributed by atoms with Crippen molar-refractivity contribution in [3.63, 3.8) is 0 Å². The van der Waals surface area contributed by atoms with E-state index < -0.39 is 5.82 Å². The Labute approximate surface area is 180 Å². The zero-order chi connectivity index (χ0) is 20.9. The van der Waals surface area contributed by atoms with Gasteiger partial charge < -0.3 is 19.1 Å². The number of halogens is 2. The number of aliphatic imine (C=N–C) groups is 1. The Bertz CT molecular complexity index is 919. The molecule has 0 aliphatic carbocycles. The van der Waals surface area contributed by atoms with Crippen molar-refractivity contribution in [2.45, 2.75) is 6.42 Å². The molecule has 0 spiro atoms. The van der Waals surface area contributed by atoms with Gasteiger partial charge in [0.15, 0.2) is 11.5 Å². The number of hydrogen-bond donors (Lipinski definition) is 0. The molecule has 8 heteroatoms. The Kier molecular flexibility index (Phi) is 6.72. The minimum absolute atomic E-state index is 0.0794. The van der Waals surface area contributed by atoms with E-state index in [0.29, 0.717) is 24.8 Å². The van der Waals surface area contributed by atoms with Crippen LogP contribution in [0, 0.1) is 5.82 Å². The molecule has 1 fully saturated rings. The second-order valence-corrected chi connectivity index (χ2v) is 7.60. The van der Waals surface area contributed by atoms with Gasteiger partial charge in [-0.3, -0.25) is 9.89 Å². The fraction of sp³-hybridized carbons (Fsp3) is 0.409. The Balaban J connectivity index is 1.48. The number of nitrogens with zero attached hydrogens (tertiary/aromatic N) is 3. The van der Waals surface area contributed by atoms with Gasteiger partial charge in [0, 0.05) is 43.2 Å². The summed E-state index contributed by atoms with van der Waals surface area (Å²) < 4.78 is 30.6. The van der Waals surface area contributed by atoms with Gasteiger partial charge in [-0.25, -0.2) is 4.39 Å². The topological polar surface area (TPSA) is 46.5 Å². The molecule has 0 saturated carbocycles. The number of hydrogen-bond acceptors (Lipinski definition) is 6. The molecule has 2 aliphatic heterocycles. The zero-order valence-electron chi connectivity index (χ0n) is 16.9. The fourth-order valence-corrected chi connectivity index (χ4v) is 3.81. The van der Waals surface area contributed by atoms with Crippen LogP contribution < -0.4 is 14.4 Å². The van der Waals surface area contributed by atoms with Crippen LogP contribution in [0.15, 0.2) is 35.3 Å². The number of benzene rings is 2. The van der Waals surface area contributed by atoms with E-state index in [1.54, 1.807) is 19.2 Å². The minimum Gasteiger partial charge on any atom is -0.493 e. The summed E-state index contributed by atoms with van der Waals surface area (Å²) in [5.74, 6) is 0.886. The number of morpholine rings is 1. The van der Waals surface area contributed by atoms with Crippen LogP contribution >= 0.6 is 11.6 Å². The standard InChI is InChI=1S/C22H25ClFN3O3/c1-28-21-13-20-16(11-22(21)30-8-2-5-26-6-9-29-10-7-26)14-25-15-27(20)17-3-4-19(24)18(23)12-17/h3-4,11-14H,2,5-10,15H2,1H3. The van der Waals surface area contributed by atoms with Crippen LogP contribution in [0.3, 0.4) is 0 Å². The van der Waals surface area contributed by atoms with Gasteiger partial charge in [0.2, 0.25) is 0 Å². The molecule has 0 unspecified atom stereocenters. The van der Waals surface area contributed by atoms with Gasteiger partial charge in [0.05, 0.1) is 37.6 Å². The maximum absolute atomic E-state index is 13.6. The van der Waals surface area contributed by atoms with Gasteiger partial charge in [0.1, 0.15) is 12.5 Å². The highest BCUT2D eigenvalue weighted by atomic mass is 35.5. The first-order valence-electron chi connectivity index (χ1n) is 10.0. The largest absolute Gasteiger partial charge is 0.493 e. The predicted molar refractivity (Wildman–Crippen MR) is 116 cm³/mol. The lowest BCUT2D eigenvalue weighted by atomic mass is 10.1. The van der Waals surface area contributed by atoms with E-state index in [2.05, 4.69) is 9.89 Å². The lowest BCUT2D eigenvalue weighted by Gasteiger charge is -2.29. The molecule has 1 saturated heterocycles. The van der Waals surface area contributed by atoms with E-state index in [-0.39, 0.29) is 5.02 Å². The van der Waals surface area contributed by atoms with Crippen LogP contribution in [-0.2, 0) is 4.74 Å². The lowest BCUT2D eigenvalue weighted by Crippen LogP contribution is -2.37. The first-order valence-corrected chi connectivity index (χ1v) is 10.4. The lowest BCUT2D eigenvalue weighted by molar-refractivity contribution is 0.0357. The second kappa shape index (κ2) is 9.64. The van der Waals surface area contributed by atoms with E-state index in [1.807, 2.05) is 23.2 Å². The summed E-state index contributed by atoms with van der Waals surface area (Å²) >= 11 is 5.98. The third kappa shape index (κ3) is 4.69. The van der Waals surface area contributed by atoms with Crippen molar-refractivity contribution in [2.75, 3.05) is 58.1 Å². The van der Waals surface area contributed by atoms with Crippen molar-refractivity contribution in [3.8, 4) is 11.5 Å². The Morgan fingerprint density at radius 1 is 1.17 bits per heavy atom. The zero-order valence-corrected chi connectivity index (χ0v) is 17.7. The van der Waals surface area contributed by atoms with Gasteiger partial charge in [-0.2, -0.15) is 0 Å². The molecule has 30 heavy (non-hydrogen) atoms. The molecule has 2 aromatic carbocycles. The molecule has 0 bridgehead atoms. The number of methoxy groups -OCH3 is 1. The minimum atomic E-state index is -0.445. The second-order valence-electron chi connectivity index (χ2n) is 7.20. The van der Waals surface area contributed by atoms with Crippen molar-refractivity contribution >= 4 is 29.2 Å². The Hall–Kier alpha value is -2.35. The molecule has 2 aromatic rings. The first-order chi connectivity index (χ1) is 14.7. The van der Waals surface area contributed by atoms with E-state index in [4.69, 9.17) is 25.8 Å². The average Bonchev–Trinajstić information content (AvgIpc) is 2.78. The monoisotopic (exact) mass is 433 g/mol. The molecule has 4 rings (SSSR count). The van der Waals surface area contributed by atoms with Crippen molar-refractivity contribution in [1.29, 1.82) is 0 Å². The van der Waals surface area contributed by atoms with Gasteiger partial charge >= 0.3 is 0 Å². The SMILES string of the molecule is COc1cc2c(cc1OCCCN1CCOCC1)C=NCN2c1ccc(F)c(Cl)c1. The number of rotatable bonds is 7. The summed E-state index contributed by atoms with van der Waals surface area (Å²) in [6.07, 6.45) is 2.74. The Morgan fingerprint density at radius 3 is 2.77 bits per heavy atom. The summed E-state index contributed by atoms with van der Waals surface area (Å²) in [4.78, 5) is 8.78. The summed E-state index contributed by atoms with van der Waals surface area (Å²) in [6, 6.07) is 8.51. The van der Waals surface area contributed by atoms with Crippen molar-refractivity contribution in [3.05, 3.63) is 46.7 Å². The van der Waals surface area contributed by atoms with Crippen molar-refractivity contribution < 1.29 is 18.6 Å². The molecule has 160 valence electrons. The highest BCUT2D eigenvalue weighted by Crippen LogP contribution is 2.39. The molecular formula is C22H25ClFN3O3. The van der Waals surface area contributed by atoms with E-state index in [0.717, 1.165) is 56.2 Å². The molecule has 0 atom stereocenters. The van der Waals surface area contributed by atoms with Gasteiger partial charge in [-0.05, 0) is 30.7 Å². The number of fused-ring (bicyclic) bond motifs is 1. The normalized spacial score (nSPS) is 16.4. The highest BCUT2D eigenvalue weighted by Gasteiger charge is 2.21. The highest BCUT2D eigenvalue weighted by molar-refractivity contribution is 6.31. The molecule has 0 amide bonds. The molecule has 6 nitrogen and oxygen atoms in total. The molecule has 0 N–H and O–H groups in total. The summed E-state index contributed by atoms with van der Waals surface area (Å²) in [7, 11) is 1.62. The van der Waals surface area contributed by atoms with Crippen LogP contribution in [0.5, 0.6) is 11.5 Å². The Morgan fingerprint density at radius 2 is 2.00 bits per heavy atom. The summed E-state index contributed by atoms with van der Waals surface area (Å²) in [5, 5.41) is 0.0794. The van der Waals surface area contributed by atoms with Crippen LogP contribution in [0.25, 0.3) is 0 Å². The molecule has 2 heterocycles. The van der Waals surface area contributed by atoms with Gasteiger partial charge in [-0.15, -0.1) is 0 Å². The third-order valence-corrected chi connectivity index (χ3v) is 5.54. The van der Waals surface area contributed by atoms with E-state index in [1.165, 1.54) is 6.07 Å². The molecule has 0 radical (unpaired) electrons. The molecule has 2 aliphatic rings. The van der Waals surface area contributed by atoms with Gasteiger partial charge in [-0.1, -0.05) is 11.6 Å². The smallest absolute Gasteiger partial charge is 0.162 e. The molecular weight excluding hydrogens is 409 g/mol. The fourth-order valence-electron chi connectivity index (χ4n) is 3.64.